The number of rotatable bonds is 3. The van der Waals surface area contributed by atoms with Gasteiger partial charge in [0.05, 0.1) is 10.6 Å². The van der Waals surface area contributed by atoms with E-state index in [0.717, 1.165) is 22.4 Å². The van der Waals surface area contributed by atoms with Gasteiger partial charge in [-0.2, -0.15) is 5.10 Å². The van der Waals surface area contributed by atoms with Gasteiger partial charge in [-0.25, -0.2) is 9.67 Å². The van der Waals surface area contributed by atoms with Crippen molar-refractivity contribution in [1.29, 1.82) is 0 Å². The number of carbonyl (C=O) groups excluding carboxylic acids is 1. The van der Waals surface area contributed by atoms with E-state index in [2.05, 4.69) is 15.1 Å². The number of aryl methyl sites for hydroxylation is 1. The predicted molar refractivity (Wildman–Crippen MR) is 106 cm³/mol. The van der Waals surface area contributed by atoms with Gasteiger partial charge in [-0.05, 0) is 30.4 Å². The first-order chi connectivity index (χ1) is 13.5. The Balaban J connectivity index is 1.59. The standard InChI is InChI=1S/C19H19N5O3S/c1-23-17(26)7-6-13(22-23)19(27)24-8-2-4-12(11-24)18-20-14(10-16(25)21-18)15-5-3-9-28-15/h3,5-7,9-10,12H,2,4,8,11H2,1H3,(H,20,21,25)/t12-/m1/s1. The average molecular weight is 397 g/mol. The summed E-state index contributed by atoms with van der Waals surface area (Å²) in [5.41, 5.74) is 0.422. The minimum atomic E-state index is -0.264. The van der Waals surface area contributed by atoms with Crippen LogP contribution < -0.4 is 11.1 Å². The van der Waals surface area contributed by atoms with Crippen LogP contribution >= 0.6 is 11.3 Å². The molecular weight excluding hydrogens is 378 g/mol. The van der Waals surface area contributed by atoms with Crippen molar-refractivity contribution in [3.8, 4) is 10.6 Å². The minimum absolute atomic E-state index is 0.0576. The zero-order valence-electron chi connectivity index (χ0n) is 15.3. The smallest absolute Gasteiger partial charge is 0.274 e. The SMILES string of the molecule is Cn1nc(C(=O)N2CCC[C@@H](c3nc(-c4cccs4)cc(=O)[nH]3)C2)ccc1=O. The minimum Gasteiger partial charge on any atom is -0.337 e. The maximum absolute atomic E-state index is 12.8. The number of likely N-dealkylation sites (tertiary alicyclic amines) is 1. The van der Waals surface area contributed by atoms with Gasteiger partial charge >= 0.3 is 0 Å². The van der Waals surface area contributed by atoms with E-state index in [-0.39, 0.29) is 28.6 Å². The third kappa shape index (κ3) is 3.65. The van der Waals surface area contributed by atoms with Gasteiger partial charge in [0.1, 0.15) is 11.5 Å². The molecule has 1 amide bonds. The van der Waals surface area contributed by atoms with Crippen molar-refractivity contribution in [2.24, 2.45) is 7.05 Å². The molecule has 144 valence electrons. The van der Waals surface area contributed by atoms with Crippen LogP contribution in [0.3, 0.4) is 0 Å². The fourth-order valence-electron chi connectivity index (χ4n) is 3.38. The maximum Gasteiger partial charge on any atom is 0.274 e. The van der Waals surface area contributed by atoms with Crippen molar-refractivity contribution in [1.82, 2.24) is 24.6 Å². The second-order valence-electron chi connectivity index (χ2n) is 6.76. The Kier molecular flexibility index (Phi) is 4.91. The molecule has 0 bridgehead atoms. The zero-order chi connectivity index (χ0) is 19.7. The lowest BCUT2D eigenvalue weighted by Gasteiger charge is -2.32. The monoisotopic (exact) mass is 397 g/mol. The van der Waals surface area contributed by atoms with E-state index in [1.165, 1.54) is 36.6 Å². The molecule has 4 rings (SSSR count). The molecule has 0 radical (unpaired) electrons. The number of piperidine rings is 1. The van der Waals surface area contributed by atoms with Crippen LogP contribution in [0.5, 0.6) is 0 Å². The van der Waals surface area contributed by atoms with Crippen molar-refractivity contribution in [3.63, 3.8) is 0 Å². The van der Waals surface area contributed by atoms with Crippen LogP contribution in [0, 0.1) is 0 Å². The van der Waals surface area contributed by atoms with Crippen molar-refractivity contribution in [2.75, 3.05) is 13.1 Å². The lowest BCUT2D eigenvalue weighted by Crippen LogP contribution is -2.40. The molecule has 3 aromatic rings. The number of aromatic nitrogens is 4. The molecule has 9 heteroatoms. The average Bonchev–Trinajstić information content (AvgIpc) is 3.24. The second kappa shape index (κ2) is 7.51. The summed E-state index contributed by atoms with van der Waals surface area (Å²) in [5, 5.41) is 5.99. The molecule has 0 spiro atoms. The van der Waals surface area contributed by atoms with Gasteiger partial charge in [0.15, 0.2) is 0 Å². The Hall–Kier alpha value is -3.07. The maximum atomic E-state index is 12.8. The van der Waals surface area contributed by atoms with E-state index >= 15 is 0 Å². The third-order valence-corrected chi connectivity index (χ3v) is 5.70. The van der Waals surface area contributed by atoms with Crippen LogP contribution in [0.4, 0.5) is 0 Å². The van der Waals surface area contributed by atoms with Crippen LogP contribution in [0.25, 0.3) is 10.6 Å². The molecule has 0 aromatic carbocycles. The normalized spacial score (nSPS) is 16.9. The first-order valence-corrected chi connectivity index (χ1v) is 9.88. The van der Waals surface area contributed by atoms with E-state index < -0.39 is 0 Å². The summed E-state index contributed by atoms with van der Waals surface area (Å²) >= 11 is 1.53. The van der Waals surface area contributed by atoms with E-state index in [9.17, 15) is 14.4 Å². The summed E-state index contributed by atoms with van der Waals surface area (Å²) in [5.74, 6) is 0.316. The Morgan fingerprint density at radius 3 is 2.89 bits per heavy atom. The number of carbonyl (C=O) groups is 1. The molecule has 0 aliphatic carbocycles. The van der Waals surface area contributed by atoms with Gasteiger partial charge in [-0.15, -0.1) is 11.3 Å². The summed E-state index contributed by atoms with van der Waals surface area (Å²) in [6.07, 6.45) is 1.64. The molecule has 1 aliphatic heterocycles. The van der Waals surface area contributed by atoms with Gasteiger partial charge in [0.25, 0.3) is 17.0 Å². The first-order valence-electron chi connectivity index (χ1n) is 9.00. The van der Waals surface area contributed by atoms with Crippen LogP contribution in [-0.4, -0.2) is 43.6 Å². The van der Waals surface area contributed by atoms with Crippen molar-refractivity contribution < 1.29 is 4.79 Å². The molecule has 1 N–H and O–H groups in total. The molecule has 3 aromatic heterocycles. The number of amides is 1. The summed E-state index contributed by atoms with van der Waals surface area (Å²) in [4.78, 5) is 46.6. The Morgan fingerprint density at radius 2 is 2.14 bits per heavy atom. The fraction of sp³-hybridized carbons (Fsp3) is 0.316. The largest absolute Gasteiger partial charge is 0.337 e. The molecule has 1 fully saturated rings. The molecule has 28 heavy (non-hydrogen) atoms. The molecule has 1 aliphatic rings. The molecule has 1 atom stereocenters. The number of hydrogen-bond donors (Lipinski definition) is 1. The summed E-state index contributed by atoms with van der Waals surface area (Å²) < 4.78 is 1.15. The Morgan fingerprint density at radius 1 is 1.29 bits per heavy atom. The van der Waals surface area contributed by atoms with E-state index in [4.69, 9.17) is 0 Å². The summed E-state index contributed by atoms with van der Waals surface area (Å²) in [6, 6.07) is 8.13. The lowest BCUT2D eigenvalue weighted by molar-refractivity contribution is 0.0696. The number of nitrogens with one attached hydrogen (secondary N) is 1. The highest BCUT2D eigenvalue weighted by Crippen LogP contribution is 2.27. The van der Waals surface area contributed by atoms with Crippen LogP contribution in [0.1, 0.15) is 35.1 Å². The first kappa shape index (κ1) is 18.3. The van der Waals surface area contributed by atoms with Crippen molar-refractivity contribution >= 4 is 17.2 Å². The number of thiophene rings is 1. The highest BCUT2D eigenvalue weighted by molar-refractivity contribution is 7.13. The van der Waals surface area contributed by atoms with Crippen molar-refractivity contribution in [2.45, 2.75) is 18.8 Å². The molecule has 0 unspecified atom stereocenters. The van der Waals surface area contributed by atoms with E-state index in [1.54, 1.807) is 4.90 Å². The highest BCUT2D eigenvalue weighted by Gasteiger charge is 2.28. The Bertz CT molecular complexity index is 1120. The lowest BCUT2D eigenvalue weighted by atomic mass is 9.96. The van der Waals surface area contributed by atoms with Gasteiger partial charge in [-0.3, -0.25) is 14.4 Å². The topological polar surface area (TPSA) is 101 Å². The predicted octanol–water partition coefficient (Wildman–Crippen LogP) is 1.61. The quantitative estimate of drug-likeness (QED) is 0.724. The van der Waals surface area contributed by atoms with E-state index in [1.807, 2.05) is 17.5 Å². The van der Waals surface area contributed by atoms with Crippen LogP contribution in [-0.2, 0) is 7.05 Å². The molecule has 1 saturated heterocycles. The van der Waals surface area contributed by atoms with Crippen LogP contribution in [0.15, 0.2) is 45.3 Å². The van der Waals surface area contributed by atoms with Gasteiger partial charge < -0.3 is 9.88 Å². The van der Waals surface area contributed by atoms with Gasteiger partial charge in [0, 0.05) is 38.2 Å². The van der Waals surface area contributed by atoms with Gasteiger partial charge in [-0.1, -0.05) is 6.07 Å². The molecule has 8 nitrogen and oxygen atoms in total. The van der Waals surface area contributed by atoms with E-state index in [0.29, 0.717) is 24.6 Å². The second-order valence-corrected chi connectivity index (χ2v) is 7.71. The molecule has 0 saturated carbocycles. The number of aromatic amines is 1. The third-order valence-electron chi connectivity index (χ3n) is 4.81. The van der Waals surface area contributed by atoms with Crippen molar-refractivity contribution in [3.05, 3.63) is 67.9 Å². The van der Waals surface area contributed by atoms with Crippen LogP contribution in [0.2, 0.25) is 0 Å². The summed E-state index contributed by atoms with van der Waals surface area (Å²) in [7, 11) is 1.52. The Labute approximate surface area is 164 Å². The summed E-state index contributed by atoms with van der Waals surface area (Å²) in [6.45, 7) is 1.05. The van der Waals surface area contributed by atoms with Gasteiger partial charge in [0.2, 0.25) is 0 Å². The molecular formula is C19H19N5O3S. The molecule has 4 heterocycles. The highest BCUT2D eigenvalue weighted by atomic mass is 32.1. The number of nitrogens with zero attached hydrogens (tertiary/aromatic N) is 4. The number of H-pyrrole nitrogens is 1. The zero-order valence-corrected chi connectivity index (χ0v) is 16.1. The fourth-order valence-corrected chi connectivity index (χ4v) is 4.07. The number of hydrogen-bond acceptors (Lipinski definition) is 6.